The van der Waals surface area contributed by atoms with E-state index in [2.05, 4.69) is 133 Å². The third kappa shape index (κ3) is 10.6. The Morgan fingerprint density at radius 3 is 0.900 bits per heavy atom. The van der Waals surface area contributed by atoms with E-state index in [-0.39, 0.29) is 63.6 Å². The quantitative estimate of drug-likeness (QED) is 0.250. The molecule has 3 heteroatoms. The second kappa shape index (κ2) is 16.5. The van der Waals surface area contributed by atoms with Crippen LogP contribution < -0.4 is 0 Å². The Morgan fingerprint density at radius 2 is 0.725 bits per heavy atom. The van der Waals surface area contributed by atoms with Gasteiger partial charge in [0.1, 0.15) is 0 Å². The minimum Gasteiger partial charge on any atom is -0.681 e. The van der Waals surface area contributed by atoms with Crippen LogP contribution in [0.15, 0.2) is 36.4 Å². The van der Waals surface area contributed by atoms with Gasteiger partial charge in [0.2, 0.25) is 0 Å². The Balaban J connectivity index is 0. The number of nitrogens with zero attached hydrogens (tertiary/aromatic N) is 2. The second-order valence-electron chi connectivity index (χ2n) is 14.4. The van der Waals surface area contributed by atoms with Crippen LogP contribution in [0.2, 0.25) is 0 Å². The van der Waals surface area contributed by atoms with Gasteiger partial charge in [-0.25, -0.2) is 0 Å². The van der Waals surface area contributed by atoms with Crippen LogP contribution in [0.25, 0.3) is 10.6 Å². The van der Waals surface area contributed by atoms with Crippen LogP contribution in [0.5, 0.6) is 0 Å². The van der Waals surface area contributed by atoms with Crippen LogP contribution in [0.4, 0.5) is 11.4 Å². The van der Waals surface area contributed by atoms with Gasteiger partial charge in [-0.15, -0.1) is 23.5 Å². The summed E-state index contributed by atoms with van der Waals surface area (Å²) in [5, 5.41) is 11.2. The predicted octanol–water partition coefficient (Wildman–Crippen LogP) is 13.0. The molecule has 2 rings (SSSR count). The minimum absolute atomic E-state index is 0. The monoisotopic (exact) mass is 579 g/mol. The molecule has 2 unspecified atom stereocenters. The van der Waals surface area contributed by atoms with Gasteiger partial charge in [0.05, 0.1) is 0 Å². The Kier molecular flexibility index (Phi) is 17.0. The summed E-state index contributed by atoms with van der Waals surface area (Å²) in [6, 6.07) is 13.8. The van der Waals surface area contributed by atoms with Gasteiger partial charge in [-0.1, -0.05) is 173 Å². The normalized spacial score (nSPS) is 13.4. The van der Waals surface area contributed by atoms with Crippen LogP contribution in [-0.2, 0) is 25.8 Å². The largest absolute Gasteiger partial charge is 0.681 e. The second-order valence-corrected chi connectivity index (χ2v) is 14.4. The third-order valence-electron chi connectivity index (χ3n) is 7.70. The van der Waals surface area contributed by atoms with Gasteiger partial charge in [-0.3, -0.25) is 0 Å². The maximum Gasteiger partial charge on any atom is 0 e. The first-order valence-electron chi connectivity index (χ1n) is 14.6. The molecular formula is C37H62N2Sc-4. The van der Waals surface area contributed by atoms with E-state index in [4.69, 9.17) is 10.6 Å². The first-order valence-corrected chi connectivity index (χ1v) is 14.6. The van der Waals surface area contributed by atoms with Crippen molar-refractivity contribution in [3.63, 3.8) is 0 Å². The van der Waals surface area contributed by atoms with Gasteiger partial charge in [0.15, 0.2) is 0 Å². The Labute approximate surface area is 270 Å². The first-order chi connectivity index (χ1) is 16.9. The van der Waals surface area contributed by atoms with Crippen molar-refractivity contribution >= 4 is 11.4 Å². The Hall–Kier alpha value is -1.09. The molecule has 0 bridgehead atoms. The molecule has 2 atom stereocenters. The summed E-state index contributed by atoms with van der Waals surface area (Å²) >= 11 is 0. The molecule has 1 radical (unpaired) electrons. The fourth-order valence-electron chi connectivity index (χ4n) is 5.04. The summed E-state index contributed by atoms with van der Waals surface area (Å²) in [5.41, 5.74) is 7.91. The molecule has 0 aliphatic carbocycles. The minimum atomic E-state index is 0. The van der Waals surface area contributed by atoms with Crippen LogP contribution in [0, 0.1) is 25.7 Å². The summed E-state index contributed by atoms with van der Waals surface area (Å²) < 4.78 is 0. The predicted molar refractivity (Wildman–Crippen MR) is 179 cm³/mol. The number of hydrogen-bond acceptors (Lipinski definition) is 0. The van der Waals surface area contributed by atoms with E-state index in [1.54, 1.807) is 0 Å². The molecule has 0 aliphatic heterocycles. The molecule has 0 heterocycles. The molecule has 2 nitrogen and oxygen atoms in total. The number of rotatable bonds is 10. The van der Waals surface area contributed by atoms with Gasteiger partial charge in [-0.05, 0) is 23.7 Å². The van der Waals surface area contributed by atoms with E-state index in [9.17, 15) is 0 Å². The summed E-state index contributed by atoms with van der Waals surface area (Å²) in [6.07, 6.45) is 0.931. The van der Waals surface area contributed by atoms with Gasteiger partial charge in [-0.2, -0.15) is 0 Å². The van der Waals surface area contributed by atoms with Crippen LogP contribution >= 0.6 is 0 Å². The zero-order chi connectivity index (χ0) is 28.3. The third-order valence-corrected chi connectivity index (χ3v) is 7.70. The van der Waals surface area contributed by atoms with E-state index in [0.29, 0.717) is 23.7 Å². The van der Waals surface area contributed by atoms with Crippen molar-refractivity contribution in [2.24, 2.45) is 10.8 Å². The van der Waals surface area contributed by atoms with E-state index in [1.165, 1.54) is 33.6 Å². The van der Waals surface area contributed by atoms with Crippen molar-refractivity contribution in [2.75, 3.05) is 0 Å². The van der Waals surface area contributed by atoms with E-state index in [0.717, 1.165) is 6.42 Å². The number of benzene rings is 2. The van der Waals surface area contributed by atoms with Gasteiger partial charge in [0.25, 0.3) is 0 Å². The van der Waals surface area contributed by atoms with Crippen LogP contribution in [-0.4, -0.2) is 12.1 Å². The van der Waals surface area contributed by atoms with Gasteiger partial charge in [0, 0.05) is 25.8 Å². The Bertz CT molecular complexity index is 872. The van der Waals surface area contributed by atoms with Crippen molar-refractivity contribution in [2.45, 2.75) is 139 Å². The van der Waals surface area contributed by atoms with Gasteiger partial charge < -0.3 is 25.5 Å². The molecule has 0 N–H and O–H groups in total. The van der Waals surface area contributed by atoms with E-state index >= 15 is 0 Å². The number of hydrogen-bond donors (Lipinski definition) is 0. The Morgan fingerprint density at radius 1 is 0.500 bits per heavy atom. The van der Waals surface area contributed by atoms with Gasteiger partial charge >= 0.3 is 0 Å². The topological polar surface area (TPSA) is 28.2 Å². The average Bonchev–Trinajstić information content (AvgIpc) is 2.75. The fourth-order valence-corrected chi connectivity index (χ4v) is 5.04. The molecule has 0 spiro atoms. The smallest absolute Gasteiger partial charge is 0 e. The summed E-state index contributed by atoms with van der Waals surface area (Å²) in [5.74, 6) is 1.75. The van der Waals surface area contributed by atoms with Crippen molar-refractivity contribution in [1.29, 1.82) is 0 Å². The van der Waals surface area contributed by atoms with Crippen LogP contribution in [0.3, 0.4) is 0 Å². The molecule has 0 saturated carbocycles. The molecule has 2 aromatic rings. The first kappa shape index (κ1) is 41.0. The van der Waals surface area contributed by atoms with E-state index in [1.807, 2.05) is 0 Å². The molecule has 0 saturated heterocycles. The molecule has 0 amide bonds. The molecule has 227 valence electrons. The molecular weight excluding hydrogens is 517 g/mol. The fraction of sp³-hybridized carbons (Fsp3) is 0.622. The summed E-state index contributed by atoms with van der Waals surface area (Å²) in [7, 11) is 0. The standard InChI is InChI=1S/C35H56N2.2CH3.Sc/c1-22(2)26-17-15-18-27(23(3)4)32(26)36-30(34(9,10)11)21-31(35(12,13)14)37-33-28(24(5)6)19-16-20-29(33)25(7)8;;;/h15-20,22-25,30-31H,21H2,1-14H3;2*1H3;/q-2;2*-1;. The molecule has 2 aromatic carbocycles. The number of para-hydroxylation sites is 2. The molecule has 40 heavy (non-hydrogen) atoms. The molecule has 0 fully saturated rings. The van der Waals surface area contributed by atoms with Crippen molar-refractivity contribution in [3.8, 4) is 0 Å². The van der Waals surface area contributed by atoms with Crippen LogP contribution in [0.1, 0.15) is 149 Å². The maximum atomic E-state index is 5.62. The van der Waals surface area contributed by atoms with Crippen molar-refractivity contribution in [1.82, 2.24) is 0 Å². The molecule has 0 aromatic heterocycles. The summed E-state index contributed by atoms with van der Waals surface area (Å²) in [4.78, 5) is 0. The van der Waals surface area contributed by atoms with Crippen molar-refractivity contribution in [3.05, 3.63) is 84.1 Å². The molecule has 0 aliphatic rings. The SMILES string of the molecule is CC(C)c1cccc(C(C)C)c1[N-]C(CC([N-]c1c(C(C)C)cccc1C(C)C)C(C)(C)C)C(C)(C)C.[CH3-].[CH3-].[Sc]. The summed E-state index contributed by atoms with van der Waals surface area (Å²) in [6.45, 7) is 32.3. The van der Waals surface area contributed by atoms with E-state index < -0.39 is 0 Å². The van der Waals surface area contributed by atoms with Crippen molar-refractivity contribution < 1.29 is 25.8 Å². The zero-order valence-electron chi connectivity index (χ0n) is 29.1. The maximum absolute atomic E-state index is 5.62. The zero-order valence-corrected chi connectivity index (χ0v) is 30.9. The average molecular weight is 580 g/mol.